The largest absolute Gasteiger partial charge is 0.476 e. The van der Waals surface area contributed by atoms with Crippen molar-refractivity contribution in [3.8, 4) is 0 Å². The maximum atomic E-state index is 10.9. The topological polar surface area (TPSA) is 92.0 Å². The van der Waals surface area contributed by atoms with Gasteiger partial charge in [0.1, 0.15) is 5.76 Å². The van der Waals surface area contributed by atoms with Gasteiger partial charge in [0.25, 0.3) is 0 Å². The lowest BCUT2D eigenvalue weighted by atomic mass is 10.0. The summed E-state index contributed by atoms with van der Waals surface area (Å²) in [6.45, 7) is 1.89. The van der Waals surface area contributed by atoms with Crippen LogP contribution in [0.15, 0.2) is 16.9 Å². The molecule has 0 aromatic carbocycles. The molecule has 2 aromatic rings. The van der Waals surface area contributed by atoms with Gasteiger partial charge in [0, 0.05) is 24.6 Å². The summed E-state index contributed by atoms with van der Waals surface area (Å²) < 4.78 is 4.99. The molecule has 2 N–H and O–H groups in total. The molecule has 2 aromatic heterocycles. The van der Waals surface area contributed by atoms with Crippen molar-refractivity contribution in [2.75, 3.05) is 0 Å². The Hall–Kier alpha value is -2.11. The third kappa shape index (κ3) is 1.81. The first-order valence-electron chi connectivity index (χ1n) is 4.90. The van der Waals surface area contributed by atoms with Gasteiger partial charge in [-0.15, -0.1) is 0 Å². The van der Waals surface area contributed by atoms with Crippen molar-refractivity contribution in [1.29, 1.82) is 0 Å². The van der Waals surface area contributed by atoms with E-state index in [1.165, 1.54) is 0 Å². The molecule has 0 spiro atoms. The van der Waals surface area contributed by atoms with E-state index in [-0.39, 0.29) is 5.69 Å². The van der Waals surface area contributed by atoms with Gasteiger partial charge in [-0.3, -0.25) is 5.10 Å². The first-order valence-corrected chi connectivity index (χ1v) is 4.90. The second-order valence-corrected chi connectivity index (χ2v) is 3.37. The molecule has 6 nitrogen and oxygen atoms in total. The van der Waals surface area contributed by atoms with Crippen molar-refractivity contribution in [2.24, 2.45) is 0 Å². The molecule has 0 radical (unpaired) electrons. The van der Waals surface area contributed by atoms with E-state index in [0.717, 1.165) is 5.56 Å². The number of carboxylic acid groups (broad SMARTS) is 1. The van der Waals surface area contributed by atoms with Crippen LogP contribution in [0.5, 0.6) is 0 Å². The average molecular weight is 221 g/mol. The molecule has 0 fully saturated rings. The van der Waals surface area contributed by atoms with E-state index in [1.54, 1.807) is 12.4 Å². The predicted octanol–water partition coefficient (Wildman–Crippen LogP) is 1.25. The number of nitrogens with zero attached hydrogens (tertiary/aromatic N) is 2. The number of aromatic amines is 1. The second-order valence-electron chi connectivity index (χ2n) is 3.37. The first-order chi connectivity index (χ1) is 7.72. The summed E-state index contributed by atoms with van der Waals surface area (Å²) in [5, 5.41) is 19.0. The lowest BCUT2D eigenvalue weighted by molar-refractivity contribution is 0.0685. The summed E-state index contributed by atoms with van der Waals surface area (Å²) in [7, 11) is 0. The van der Waals surface area contributed by atoms with E-state index in [1.807, 2.05) is 6.92 Å². The number of H-pyrrole nitrogens is 1. The highest BCUT2D eigenvalue weighted by Gasteiger charge is 2.20. The van der Waals surface area contributed by atoms with E-state index in [2.05, 4.69) is 15.4 Å². The van der Waals surface area contributed by atoms with Crippen LogP contribution < -0.4 is 0 Å². The molecule has 0 aliphatic carbocycles. The molecule has 0 aliphatic heterocycles. The summed E-state index contributed by atoms with van der Waals surface area (Å²) in [5.74, 6) is -0.458. The number of carbonyl (C=O) groups is 1. The molecule has 0 saturated carbocycles. The fourth-order valence-corrected chi connectivity index (χ4v) is 1.55. The van der Waals surface area contributed by atoms with Crippen LogP contribution in [0.3, 0.4) is 0 Å². The van der Waals surface area contributed by atoms with Crippen LogP contribution in [0.4, 0.5) is 0 Å². The lowest BCUT2D eigenvalue weighted by Gasteiger charge is -1.97. The first kappa shape index (κ1) is 10.4. The van der Waals surface area contributed by atoms with Crippen LogP contribution in [-0.2, 0) is 12.8 Å². The SMILES string of the molecule is CCc1onc(C(=O)O)c1Cc1cn[nH]c1. The molecule has 0 bridgehead atoms. The average Bonchev–Trinajstić information content (AvgIpc) is 2.87. The smallest absolute Gasteiger partial charge is 0.358 e. The Morgan fingerprint density at radius 1 is 1.62 bits per heavy atom. The van der Waals surface area contributed by atoms with Crippen molar-refractivity contribution in [3.63, 3.8) is 0 Å². The third-order valence-electron chi connectivity index (χ3n) is 2.33. The fraction of sp³-hybridized carbons (Fsp3) is 0.300. The molecule has 0 unspecified atom stereocenters. The van der Waals surface area contributed by atoms with Gasteiger partial charge in [0.2, 0.25) is 0 Å². The number of rotatable bonds is 4. The maximum absolute atomic E-state index is 10.9. The molecule has 6 heteroatoms. The number of aryl methyl sites for hydroxylation is 1. The number of aromatic carboxylic acids is 1. The molecule has 0 saturated heterocycles. The Kier molecular flexibility index (Phi) is 2.72. The molecule has 2 rings (SSSR count). The summed E-state index contributed by atoms with van der Waals surface area (Å²) in [5.41, 5.74) is 1.51. The summed E-state index contributed by atoms with van der Waals surface area (Å²) in [6.07, 6.45) is 4.45. The maximum Gasteiger partial charge on any atom is 0.358 e. The van der Waals surface area contributed by atoms with Gasteiger partial charge < -0.3 is 9.63 Å². The van der Waals surface area contributed by atoms with Crippen LogP contribution in [-0.4, -0.2) is 26.4 Å². The zero-order chi connectivity index (χ0) is 11.5. The minimum atomic E-state index is -1.07. The number of hydrogen-bond acceptors (Lipinski definition) is 4. The van der Waals surface area contributed by atoms with Gasteiger partial charge in [-0.05, 0) is 5.56 Å². The Balaban J connectivity index is 2.37. The molecule has 0 amide bonds. The fourth-order valence-electron chi connectivity index (χ4n) is 1.55. The van der Waals surface area contributed by atoms with Crippen LogP contribution in [0.25, 0.3) is 0 Å². The number of aromatic nitrogens is 3. The van der Waals surface area contributed by atoms with Crippen molar-refractivity contribution in [1.82, 2.24) is 15.4 Å². The Labute approximate surface area is 91.3 Å². The van der Waals surface area contributed by atoms with Crippen molar-refractivity contribution < 1.29 is 14.4 Å². The molecule has 16 heavy (non-hydrogen) atoms. The number of hydrogen-bond donors (Lipinski definition) is 2. The standard InChI is InChI=1S/C10H11N3O3/c1-2-8-7(3-6-4-11-12-5-6)9(10(14)15)13-16-8/h4-5H,2-3H2,1H3,(H,11,12)(H,14,15). The number of nitrogens with one attached hydrogen (secondary N) is 1. The Morgan fingerprint density at radius 2 is 2.44 bits per heavy atom. The van der Waals surface area contributed by atoms with Crippen LogP contribution in [0.2, 0.25) is 0 Å². The second kappa shape index (κ2) is 4.18. The van der Waals surface area contributed by atoms with E-state index in [4.69, 9.17) is 9.63 Å². The van der Waals surface area contributed by atoms with Gasteiger partial charge in [-0.1, -0.05) is 12.1 Å². The normalized spacial score (nSPS) is 10.6. The highest BCUT2D eigenvalue weighted by atomic mass is 16.5. The van der Waals surface area contributed by atoms with E-state index in [0.29, 0.717) is 24.2 Å². The molecule has 0 atom stereocenters. The Morgan fingerprint density at radius 3 is 3.00 bits per heavy atom. The van der Waals surface area contributed by atoms with Crippen LogP contribution in [0.1, 0.15) is 34.3 Å². The molecular weight excluding hydrogens is 210 g/mol. The van der Waals surface area contributed by atoms with Crippen molar-refractivity contribution in [3.05, 3.63) is 35.0 Å². The highest BCUT2D eigenvalue weighted by Crippen LogP contribution is 2.18. The van der Waals surface area contributed by atoms with Gasteiger partial charge in [-0.25, -0.2) is 4.79 Å². The molecular formula is C10H11N3O3. The van der Waals surface area contributed by atoms with Gasteiger partial charge in [0.15, 0.2) is 5.69 Å². The van der Waals surface area contributed by atoms with Crippen LogP contribution in [0, 0.1) is 0 Å². The highest BCUT2D eigenvalue weighted by molar-refractivity contribution is 5.87. The van der Waals surface area contributed by atoms with Crippen molar-refractivity contribution in [2.45, 2.75) is 19.8 Å². The zero-order valence-electron chi connectivity index (χ0n) is 8.73. The van der Waals surface area contributed by atoms with Gasteiger partial charge in [-0.2, -0.15) is 5.10 Å². The minimum absolute atomic E-state index is 0.0157. The zero-order valence-corrected chi connectivity index (χ0v) is 8.73. The molecule has 2 heterocycles. The van der Waals surface area contributed by atoms with Gasteiger partial charge in [0.05, 0.1) is 6.20 Å². The lowest BCUT2D eigenvalue weighted by Crippen LogP contribution is -2.03. The molecule has 84 valence electrons. The van der Waals surface area contributed by atoms with E-state index < -0.39 is 5.97 Å². The van der Waals surface area contributed by atoms with Gasteiger partial charge >= 0.3 is 5.97 Å². The monoisotopic (exact) mass is 221 g/mol. The minimum Gasteiger partial charge on any atom is -0.476 e. The number of carboxylic acids is 1. The third-order valence-corrected chi connectivity index (χ3v) is 2.33. The van der Waals surface area contributed by atoms with Crippen LogP contribution >= 0.6 is 0 Å². The summed E-state index contributed by atoms with van der Waals surface area (Å²) in [6, 6.07) is 0. The van der Waals surface area contributed by atoms with E-state index in [9.17, 15) is 4.79 Å². The van der Waals surface area contributed by atoms with E-state index >= 15 is 0 Å². The summed E-state index contributed by atoms with van der Waals surface area (Å²) >= 11 is 0. The summed E-state index contributed by atoms with van der Waals surface area (Å²) in [4.78, 5) is 10.9. The van der Waals surface area contributed by atoms with Crippen molar-refractivity contribution >= 4 is 5.97 Å². The Bertz CT molecular complexity index is 487. The quantitative estimate of drug-likeness (QED) is 0.810. The predicted molar refractivity (Wildman–Crippen MR) is 54.2 cm³/mol. The molecule has 0 aliphatic rings.